The number of likely N-dealkylation sites (tertiary alicyclic amines) is 1. The molecule has 1 saturated heterocycles. The van der Waals surface area contributed by atoms with E-state index >= 15 is 0 Å². The Morgan fingerprint density at radius 1 is 1.47 bits per heavy atom. The number of aryl methyl sites for hydroxylation is 1. The number of guanidine groups is 1. The van der Waals surface area contributed by atoms with Gasteiger partial charge in [-0.15, -0.1) is 0 Å². The molecule has 0 atom stereocenters. The molecule has 0 aliphatic carbocycles. The van der Waals surface area contributed by atoms with E-state index in [1.165, 1.54) is 12.8 Å². The predicted octanol–water partition coefficient (Wildman–Crippen LogP) is 0.592. The quantitative estimate of drug-likeness (QED) is 0.615. The maximum absolute atomic E-state index is 5.05. The molecular formula is C11H19N5O. The van der Waals surface area contributed by atoms with Crippen LogP contribution in [0.3, 0.4) is 0 Å². The average molecular weight is 237 g/mol. The number of hydrogen-bond acceptors (Lipinski definition) is 4. The van der Waals surface area contributed by atoms with Crippen molar-refractivity contribution in [2.75, 3.05) is 26.7 Å². The largest absolute Gasteiger partial charge is 0.356 e. The van der Waals surface area contributed by atoms with Gasteiger partial charge in [0.25, 0.3) is 0 Å². The summed E-state index contributed by atoms with van der Waals surface area (Å²) in [6.07, 6.45) is 3.24. The highest BCUT2D eigenvalue weighted by molar-refractivity contribution is 5.80. The highest BCUT2D eigenvalue weighted by Gasteiger charge is 2.15. The van der Waals surface area contributed by atoms with E-state index < -0.39 is 0 Å². The van der Waals surface area contributed by atoms with Gasteiger partial charge >= 0.3 is 0 Å². The summed E-state index contributed by atoms with van der Waals surface area (Å²) in [6.45, 7) is 4.78. The molecule has 6 heteroatoms. The van der Waals surface area contributed by atoms with Crippen molar-refractivity contribution in [2.45, 2.75) is 26.2 Å². The van der Waals surface area contributed by atoms with E-state index in [-0.39, 0.29) is 0 Å². The van der Waals surface area contributed by atoms with Crippen LogP contribution in [0.4, 0.5) is 0 Å². The van der Waals surface area contributed by atoms with Crippen LogP contribution in [-0.2, 0) is 6.42 Å². The van der Waals surface area contributed by atoms with E-state index in [9.17, 15) is 0 Å². The van der Waals surface area contributed by atoms with Crippen LogP contribution in [0.15, 0.2) is 9.52 Å². The molecule has 1 aromatic heterocycles. The first kappa shape index (κ1) is 11.9. The minimum absolute atomic E-state index is 0.673. The van der Waals surface area contributed by atoms with E-state index in [1.807, 2.05) is 14.0 Å². The molecule has 1 aliphatic heterocycles. The van der Waals surface area contributed by atoms with Gasteiger partial charge < -0.3 is 14.7 Å². The third-order valence-electron chi connectivity index (χ3n) is 2.81. The summed E-state index contributed by atoms with van der Waals surface area (Å²) in [7, 11) is 1.82. The SMILES string of the molecule is CN=C(NCCc1nc(C)no1)N1CCCC1. The second kappa shape index (κ2) is 5.65. The van der Waals surface area contributed by atoms with E-state index in [4.69, 9.17) is 4.52 Å². The van der Waals surface area contributed by atoms with Gasteiger partial charge in [-0.05, 0) is 19.8 Å². The number of aliphatic imine (C=N–C) groups is 1. The Morgan fingerprint density at radius 2 is 2.24 bits per heavy atom. The van der Waals surface area contributed by atoms with Gasteiger partial charge in [-0.3, -0.25) is 4.99 Å². The Hall–Kier alpha value is -1.59. The fourth-order valence-corrected chi connectivity index (χ4v) is 1.98. The zero-order valence-corrected chi connectivity index (χ0v) is 10.4. The van der Waals surface area contributed by atoms with Crippen LogP contribution in [0.1, 0.15) is 24.6 Å². The monoisotopic (exact) mass is 237 g/mol. The Kier molecular flexibility index (Phi) is 3.95. The van der Waals surface area contributed by atoms with Crippen molar-refractivity contribution in [1.29, 1.82) is 0 Å². The topological polar surface area (TPSA) is 66.5 Å². The van der Waals surface area contributed by atoms with Crippen LogP contribution in [0.2, 0.25) is 0 Å². The average Bonchev–Trinajstić information content (AvgIpc) is 2.96. The van der Waals surface area contributed by atoms with Gasteiger partial charge in [0.15, 0.2) is 11.8 Å². The van der Waals surface area contributed by atoms with Crippen LogP contribution < -0.4 is 5.32 Å². The predicted molar refractivity (Wildman–Crippen MR) is 64.9 cm³/mol. The Morgan fingerprint density at radius 3 is 2.82 bits per heavy atom. The minimum Gasteiger partial charge on any atom is -0.356 e. The zero-order valence-electron chi connectivity index (χ0n) is 10.4. The lowest BCUT2D eigenvalue weighted by molar-refractivity contribution is 0.373. The van der Waals surface area contributed by atoms with Crippen molar-refractivity contribution in [3.8, 4) is 0 Å². The molecule has 1 aromatic rings. The van der Waals surface area contributed by atoms with Crippen molar-refractivity contribution in [2.24, 2.45) is 4.99 Å². The number of nitrogens with zero attached hydrogens (tertiary/aromatic N) is 4. The maximum atomic E-state index is 5.05. The second-order valence-corrected chi connectivity index (χ2v) is 4.15. The van der Waals surface area contributed by atoms with Gasteiger partial charge in [-0.1, -0.05) is 5.16 Å². The van der Waals surface area contributed by atoms with Crippen molar-refractivity contribution < 1.29 is 4.52 Å². The minimum atomic E-state index is 0.673. The smallest absolute Gasteiger partial charge is 0.228 e. The van der Waals surface area contributed by atoms with Crippen LogP contribution in [0, 0.1) is 6.92 Å². The van der Waals surface area contributed by atoms with E-state index in [0.29, 0.717) is 11.7 Å². The number of aromatic nitrogens is 2. The summed E-state index contributed by atoms with van der Waals surface area (Å²) in [6, 6.07) is 0. The van der Waals surface area contributed by atoms with Gasteiger partial charge in [0.2, 0.25) is 5.89 Å². The molecule has 0 radical (unpaired) electrons. The van der Waals surface area contributed by atoms with Crippen molar-refractivity contribution in [3.05, 3.63) is 11.7 Å². The molecule has 0 saturated carbocycles. The van der Waals surface area contributed by atoms with E-state index in [0.717, 1.165) is 32.0 Å². The van der Waals surface area contributed by atoms with Crippen molar-refractivity contribution in [3.63, 3.8) is 0 Å². The summed E-state index contributed by atoms with van der Waals surface area (Å²) < 4.78 is 5.05. The van der Waals surface area contributed by atoms with Crippen molar-refractivity contribution in [1.82, 2.24) is 20.4 Å². The molecule has 17 heavy (non-hydrogen) atoms. The molecule has 2 rings (SSSR count). The fraction of sp³-hybridized carbons (Fsp3) is 0.727. The summed E-state index contributed by atoms with van der Waals surface area (Å²) in [5, 5.41) is 7.07. The molecular weight excluding hydrogens is 218 g/mol. The highest BCUT2D eigenvalue weighted by atomic mass is 16.5. The summed E-state index contributed by atoms with van der Waals surface area (Å²) in [5.74, 6) is 2.33. The second-order valence-electron chi connectivity index (χ2n) is 4.15. The molecule has 0 unspecified atom stereocenters. The molecule has 1 aliphatic rings. The maximum Gasteiger partial charge on any atom is 0.228 e. The Balaban J connectivity index is 1.76. The number of nitrogens with one attached hydrogen (secondary N) is 1. The Bertz CT molecular complexity index is 381. The lowest BCUT2D eigenvalue weighted by Gasteiger charge is -2.20. The first-order chi connectivity index (χ1) is 8.29. The molecule has 6 nitrogen and oxygen atoms in total. The lowest BCUT2D eigenvalue weighted by atomic mass is 10.4. The van der Waals surface area contributed by atoms with Crippen LogP contribution in [-0.4, -0.2) is 47.7 Å². The summed E-state index contributed by atoms with van der Waals surface area (Å²) in [5.41, 5.74) is 0. The fourth-order valence-electron chi connectivity index (χ4n) is 1.98. The van der Waals surface area contributed by atoms with Gasteiger partial charge in [0.05, 0.1) is 0 Å². The molecule has 0 bridgehead atoms. The van der Waals surface area contributed by atoms with E-state index in [2.05, 4.69) is 25.3 Å². The number of rotatable bonds is 3. The van der Waals surface area contributed by atoms with Crippen LogP contribution in [0.5, 0.6) is 0 Å². The molecule has 0 spiro atoms. The standard InChI is InChI=1S/C11H19N5O/c1-9-14-10(17-15-9)5-6-13-11(12-2)16-7-3-4-8-16/h3-8H2,1-2H3,(H,12,13). The van der Waals surface area contributed by atoms with Gasteiger partial charge in [-0.25, -0.2) is 0 Å². The van der Waals surface area contributed by atoms with Crippen LogP contribution >= 0.6 is 0 Å². The van der Waals surface area contributed by atoms with Crippen LogP contribution in [0.25, 0.3) is 0 Å². The highest BCUT2D eigenvalue weighted by Crippen LogP contribution is 2.07. The molecule has 2 heterocycles. The molecule has 1 N–H and O–H groups in total. The molecule has 0 aromatic carbocycles. The normalized spacial score (nSPS) is 16.6. The molecule has 1 fully saturated rings. The summed E-state index contributed by atoms with van der Waals surface area (Å²) in [4.78, 5) is 10.7. The zero-order chi connectivity index (χ0) is 12.1. The lowest BCUT2D eigenvalue weighted by Crippen LogP contribution is -2.40. The Labute approximate surface area is 101 Å². The van der Waals surface area contributed by atoms with E-state index in [1.54, 1.807) is 0 Å². The van der Waals surface area contributed by atoms with Crippen molar-refractivity contribution >= 4 is 5.96 Å². The first-order valence-electron chi connectivity index (χ1n) is 6.04. The van der Waals surface area contributed by atoms with Gasteiger partial charge in [-0.2, -0.15) is 4.98 Å². The third-order valence-corrected chi connectivity index (χ3v) is 2.81. The molecule has 0 amide bonds. The number of hydrogen-bond donors (Lipinski definition) is 1. The van der Waals surface area contributed by atoms with Gasteiger partial charge in [0, 0.05) is 33.1 Å². The molecule has 94 valence electrons. The first-order valence-corrected chi connectivity index (χ1v) is 6.04. The third kappa shape index (κ3) is 3.18. The van der Waals surface area contributed by atoms with Gasteiger partial charge in [0.1, 0.15) is 0 Å². The summed E-state index contributed by atoms with van der Waals surface area (Å²) >= 11 is 0.